The van der Waals surface area contributed by atoms with Gasteiger partial charge in [-0.1, -0.05) is 0 Å². The van der Waals surface area contributed by atoms with Crippen LogP contribution in [-0.4, -0.2) is 49.8 Å². The molecule has 0 amide bonds. The second kappa shape index (κ2) is 4.75. The molecule has 0 aromatic carbocycles. The number of aromatic nitrogens is 4. The maximum Gasteiger partial charge on any atom is 0.274 e. The van der Waals surface area contributed by atoms with E-state index in [-0.39, 0.29) is 17.8 Å². The first-order valence-electron chi connectivity index (χ1n) is 6.41. The minimum atomic E-state index is -0.133. The van der Waals surface area contributed by atoms with Crippen LogP contribution in [0.15, 0.2) is 17.2 Å². The summed E-state index contributed by atoms with van der Waals surface area (Å²) in [5.74, 6) is 0.414. The molecule has 1 aliphatic rings. The lowest BCUT2D eigenvalue weighted by molar-refractivity contribution is -0.0707. The zero-order valence-electron chi connectivity index (χ0n) is 11.0. The molecule has 19 heavy (non-hydrogen) atoms. The Balaban J connectivity index is 1.83. The lowest BCUT2D eigenvalue weighted by atomic mass is 10.2. The van der Waals surface area contributed by atoms with Gasteiger partial charge in [-0.3, -0.25) is 14.8 Å². The topological polar surface area (TPSA) is 75.5 Å². The zero-order chi connectivity index (χ0) is 13.4. The van der Waals surface area contributed by atoms with E-state index in [0.29, 0.717) is 12.3 Å². The van der Waals surface area contributed by atoms with Gasteiger partial charge in [-0.2, -0.15) is 4.52 Å². The van der Waals surface area contributed by atoms with E-state index >= 15 is 0 Å². The van der Waals surface area contributed by atoms with Crippen molar-refractivity contribution in [3.8, 4) is 0 Å². The fourth-order valence-electron chi connectivity index (χ4n) is 2.59. The number of nitrogens with zero attached hydrogens (tertiary/aromatic N) is 4. The van der Waals surface area contributed by atoms with Gasteiger partial charge in [0.05, 0.1) is 17.9 Å². The van der Waals surface area contributed by atoms with Gasteiger partial charge in [0.2, 0.25) is 0 Å². The highest BCUT2D eigenvalue weighted by molar-refractivity contribution is 5.25. The van der Waals surface area contributed by atoms with Gasteiger partial charge in [-0.15, -0.1) is 0 Å². The Morgan fingerprint density at radius 3 is 2.89 bits per heavy atom. The summed E-state index contributed by atoms with van der Waals surface area (Å²) in [4.78, 5) is 22.5. The molecule has 7 heteroatoms. The molecule has 0 saturated carbocycles. The second-order valence-electron chi connectivity index (χ2n) is 5.06. The lowest BCUT2D eigenvalue weighted by Gasteiger charge is -2.34. The summed E-state index contributed by atoms with van der Waals surface area (Å²) in [6.45, 7) is 6.47. The molecule has 0 bridgehead atoms. The summed E-state index contributed by atoms with van der Waals surface area (Å²) in [5, 5.41) is 2.73. The van der Waals surface area contributed by atoms with E-state index in [1.54, 1.807) is 6.07 Å². The van der Waals surface area contributed by atoms with Gasteiger partial charge in [0, 0.05) is 25.7 Å². The van der Waals surface area contributed by atoms with Crippen molar-refractivity contribution in [3.05, 3.63) is 28.4 Å². The number of nitrogens with one attached hydrogen (secondary N) is 1. The molecule has 1 N–H and O–H groups in total. The van der Waals surface area contributed by atoms with Crippen LogP contribution in [0.2, 0.25) is 0 Å². The number of aromatic amines is 1. The third-order valence-corrected chi connectivity index (χ3v) is 3.20. The van der Waals surface area contributed by atoms with Gasteiger partial charge >= 0.3 is 0 Å². The Morgan fingerprint density at radius 1 is 1.42 bits per heavy atom. The van der Waals surface area contributed by atoms with E-state index in [4.69, 9.17) is 4.74 Å². The van der Waals surface area contributed by atoms with Gasteiger partial charge < -0.3 is 4.74 Å². The van der Waals surface area contributed by atoms with E-state index in [0.717, 1.165) is 18.8 Å². The van der Waals surface area contributed by atoms with E-state index < -0.39 is 0 Å². The average molecular weight is 263 g/mol. The molecule has 2 aromatic rings. The van der Waals surface area contributed by atoms with Crippen molar-refractivity contribution in [1.29, 1.82) is 0 Å². The summed E-state index contributed by atoms with van der Waals surface area (Å²) in [6, 6.07) is 1.55. The fourth-order valence-corrected chi connectivity index (χ4v) is 2.59. The molecule has 3 rings (SSSR count). The van der Waals surface area contributed by atoms with Crippen molar-refractivity contribution < 1.29 is 4.74 Å². The van der Waals surface area contributed by atoms with Gasteiger partial charge in [0.15, 0.2) is 0 Å². The molecule has 1 saturated heterocycles. The predicted molar refractivity (Wildman–Crippen MR) is 68.9 cm³/mol. The predicted octanol–water partition coefficient (Wildman–Crippen LogP) is 0.0268. The second-order valence-corrected chi connectivity index (χ2v) is 5.06. The zero-order valence-corrected chi connectivity index (χ0v) is 11.0. The molecule has 7 nitrogen and oxygen atoms in total. The highest BCUT2D eigenvalue weighted by atomic mass is 16.5. The molecule has 0 spiro atoms. The Kier molecular flexibility index (Phi) is 3.08. The van der Waals surface area contributed by atoms with Gasteiger partial charge in [0.1, 0.15) is 6.33 Å². The average Bonchev–Trinajstić information content (AvgIpc) is 2.75. The molecule has 0 unspecified atom stereocenters. The van der Waals surface area contributed by atoms with Crippen molar-refractivity contribution in [3.63, 3.8) is 0 Å². The summed E-state index contributed by atoms with van der Waals surface area (Å²) in [5.41, 5.74) is 0.616. The highest BCUT2D eigenvalue weighted by Crippen LogP contribution is 2.12. The quantitative estimate of drug-likeness (QED) is 0.827. The molecule has 3 heterocycles. The van der Waals surface area contributed by atoms with Gasteiger partial charge in [0.25, 0.3) is 11.3 Å². The fraction of sp³-hybridized carbons (Fsp3) is 0.583. The normalized spacial score (nSPS) is 24.9. The standard InChI is InChI=1S/C12H17N5O2/c1-8-4-16(5-9(2)19-8)6-10-3-11(18)17-12(15-10)13-7-14-17/h3,7-9H,4-6H2,1-2H3,(H,13,14,15)/t8-,9+. The van der Waals surface area contributed by atoms with Crippen molar-refractivity contribution in [2.45, 2.75) is 32.6 Å². The molecule has 1 fully saturated rings. The first-order chi connectivity index (χ1) is 9.11. The Labute approximate surface area is 110 Å². The molecular formula is C12H17N5O2. The maximum absolute atomic E-state index is 11.8. The number of fused-ring (bicyclic) bond motifs is 1. The monoisotopic (exact) mass is 263 g/mol. The minimum Gasteiger partial charge on any atom is -0.373 e. The highest BCUT2D eigenvalue weighted by Gasteiger charge is 2.22. The van der Waals surface area contributed by atoms with E-state index in [2.05, 4.69) is 33.8 Å². The van der Waals surface area contributed by atoms with Crippen LogP contribution in [0.5, 0.6) is 0 Å². The SMILES string of the molecule is C[C@@H]1CN(Cc2cc(=O)n3[nH]cnc3n2)C[C@H](C)O1. The van der Waals surface area contributed by atoms with Crippen LogP contribution in [0.25, 0.3) is 5.78 Å². The minimum absolute atomic E-state index is 0.133. The number of ether oxygens (including phenoxy) is 1. The largest absolute Gasteiger partial charge is 0.373 e. The molecule has 1 aliphatic heterocycles. The number of hydrogen-bond acceptors (Lipinski definition) is 5. The first-order valence-corrected chi connectivity index (χ1v) is 6.41. The van der Waals surface area contributed by atoms with Gasteiger partial charge in [-0.05, 0) is 13.8 Å². The first kappa shape index (κ1) is 12.3. The number of H-pyrrole nitrogens is 1. The summed E-state index contributed by atoms with van der Waals surface area (Å²) >= 11 is 0. The Bertz CT molecular complexity index is 624. The van der Waals surface area contributed by atoms with Crippen LogP contribution in [0, 0.1) is 0 Å². The van der Waals surface area contributed by atoms with Crippen molar-refractivity contribution in [2.75, 3.05) is 13.1 Å². The Hall–Kier alpha value is -1.73. The van der Waals surface area contributed by atoms with Crippen LogP contribution in [0.3, 0.4) is 0 Å². The smallest absolute Gasteiger partial charge is 0.274 e. The molecular weight excluding hydrogens is 246 g/mol. The number of rotatable bonds is 2. The molecule has 102 valence electrons. The number of hydrogen-bond donors (Lipinski definition) is 1. The van der Waals surface area contributed by atoms with Crippen LogP contribution < -0.4 is 5.56 Å². The van der Waals surface area contributed by atoms with Crippen LogP contribution in [-0.2, 0) is 11.3 Å². The van der Waals surface area contributed by atoms with E-state index in [1.165, 1.54) is 10.8 Å². The van der Waals surface area contributed by atoms with Crippen molar-refractivity contribution >= 4 is 5.78 Å². The lowest BCUT2D eigenvalue weighted by Crippen LogP contribution is -2.45. The van der Waals surface area contributed by atoms with Crippen LogP contribution in [0.4, 0.5) is 0 Å². The van der Waals surface area contributed by atoms with Crippen LogP contribution in [0.1, 0.15) is 19.5 Å². The molecule has 0 aliphatic carbocycles. The summed E-state index contributed by atoms with van der Waals surface area (Å²) < 4.78 is 7.02. The number of morpholine rings is 1. The third-order valence-electron chi connectivity index (χ3n) is 3.20. The van der Waals surface area contributed by atoms with Crippen molar-refractivity contribution in [2.24, 2.45) is 0 Å². The summed E-state index contributed by atoms with van der Waals surface area (Å²) in [6.07, 6.45) is 1.88. The van der Waals surface area contributed by atoms with Gasteiger partial charge in [-0.25, -0.2) is 9.97 Å². The van der Waals surface area contributed by atoms with Crippen molar-refractivity contribution in [1.82, 2.24) is 24.5 Å². The summed E-state index contributed by atoms with van der Waals surface area (Å²) in [7, 11) is 0. The van der Waals surface area contributed by atoms with E-state index in [1.807, 2.05) is 0 Å². The van der Waals surface area contributed by atoms with E-state index in [9.17, 15) is 4.79 Å². The third kappa shape index (κ3) is 2.52. The van der Waals surface area contributed by atoms with Crippen LogP contribution >= 0.6 is 0 Å². The molecule has 2 atom stereocenters. The Morgan fingerprint density at radius 2 is 2.16 bits per heavy atom. The maximum atomic E-state index is 11.8. The molecule has 0 radical (unpaired) electrons. The molecule has 2 aromatic heterocycles.